The maximum atomic E-state index is 9.64. The number of amidine groups is 1. The van der Waals surface area contributed by atoms with Crippen LogP contribution in [0, 0.1) is 0 Å². The molecule has 0 aliphatic carbocycles. The van der Waals surface area contributed by atoms with Crippen LogP contribution in [0.25, 0.3) is 0 Å². The van der Waals surface area contributed by atoms with Gasteiger partial charge in [0.1, 0.15) is 5.84 Å². The molecule has 0 amide bonds. The van der Waals surface area contributed by atoms with Gasteiger partial charge in [-0.3, -0.25) is 14.5 Å². The predicted octanol–water partition coefficient (Wildman–Crippen LogP) is 2.79. The number of benzene rings is 2. The average Bonchev–Trinajstić information content (AvgIpc) is 3.03. The van der Waals surface area contributed by atoms with Crippen LogP contribution >= 0.6 is 11.8 Å². The summed E-state index contributed by atoms with van der Waals surface area (Å²) in [6.07, 6.45) is -0.593. The molecule has 2 heterocycles. The molecule has 2 aromatic rings. The Bertz CT molecular complexity index is 1010. The Hall–Kier alpha value is -2.92. The molecule has 0 atom stereocenters. The first kappa shape index (κ1) is 26.7. The van der Waals surface area contributed by atoms with Crippen molar-refractivity contribution >= 4 is 35.2 Å². The van der Waals surface area contributed by atoms with Gasteiger partial charge in [-0.05, 0) is 18.2 Å². The summed E-state index contributed by atoms with van der Waals surface area (Å²) < 4.78 is 5.40. The zero-order valence-electron chi connectivity index (χ0n) is 19.5. The molecule has 0 spiro atoms. The third kappa shape index (κ3) is 8.36. The summed E-state index contributed by atoms with van der Waals surface area (Å²) in [4.78, 5) is 31.6. The molecule has 3 N–H and O–H groups in total. The number of hydrogen-bond acceptors (Lipinski definition) is 8. The maximum absolute atomic E-state index is 9.64. The molecular weight excluding hydrogens is 470 g/mol. The zero-order valence-corrected chi connectivity index (χ0v) is 20.3. The minimum Gasteiger partial charge on any atom is -0.481 e. The Morgan fingerprint density at radius 3 is 2.17 bits per heavy atom. The molecule has 9 nitrogen and oxygen atoms in total. The van der Waals surface area contributed by atoms with Crippen molar-refractivity contribution in [1.29, 1.82) is 0 Å². The minimum atomic E-state index is -1.08. The van der Waals surface area contributed by atoms with Crippen molar-refractivity contribution in [3.05, 3.63) is 54.1 Å². The number of fused-ring (bicyclic) bond motifs is 2. The number of piperazine rings is 1. The van der Waals surface area contributed by atoms with E-state index in [2.05, 4.69) is 58.3 Å². The van der Waals surface area contributed by atoms with Gasteiger partial charge in [0.25, 0.3) is 0 Å². The van der Waals surface area contributed by atoms with Crippen LogP contribution in [0.1, 0.15) is 18.4 Å². The van der Waals surface area contributed by atoms with E-state index in [-0.39, 0.29) is 19.4 Å². The highest BCUT2D eigenvalue weighted by Gasteiger charge is 2.25. The van der Waals surface area contributed by atoms with Crippen LogP contribution in [0.4, 0.5) is 5.69 Å². The number of hydrogen-bond donors (Lipinski definition) is 3. The first-order chi connectivity index (χ1) is 17.0. The van der Waals surface area contributed by atoms with E-state index in [1.807, 2.05) is 0 Å². The molecule has 35 heavy (non-hydrogen) atoms. The predicted molar refractivity (Wildman–Crippen MR) is 134 cm³/mol. The van der Waals surface area contributed by atoms with Gasteiger partial charge in [-0.15, -0.1) is 0 Å². The van der Waals surface area contributed by atoms with E-state index in [1.54, 1.807) is 11.8 Å². The molecule has 0 aromatic heterocycles. The Kier molecular flexibility index (Phi) is 10.5. The summed E-state index contributed by atoms with van der Waals surface area (Å²) in [5.74, 6) is -1.07. The van der Waals surface area contributed by atoms with E-state index in [0.717, 1.165) is 44.2 Å². The highest BCUT2D eigenvalue weighted by Crippen LogP contribution is 2.40. The molecule has 0 radical (unpaired) electrons. The van der Waals surface area contributed by atoms with Gasteiger partial charge >= 0.3 is 11.9 Å². The number of nitrogens with zero attached hydrogens (tertiary/aromatic N) is 3. The van der Waals surface area contributed by atoms with Crippen LogP contribution in [0.15, 0.2) is 63.3 Å². The second kappa shape index (κ2) is 13.8. The Labute approximate surface area is 209 Å². The van der Waals surface area contributed by atoms with Gasteiger partial charge in [-0.25, -0.2) is 4.99 Å². The number of carboxylic acid groups (broad SMARTS) is 2. The Morgan fingerprint density at radius 2 is 1.51 bits per heavy atom. The third-order valence-electron chi connectivity index (χ3n) is 5.45. The van der Waals surface area contributed by atoms with Gasteiger partial charge < -0.3 is 25.0 Å². The number of para-hydroxylation sites is 1. The average molecular weight is 502 g/mol. The smallest absolute Gasteiger partial charge is 0.303 e. The number of carbonyl (C=O) groups is 2. The van der Waals surface area contributed by atoms with Crippen molar-refractivity contribution in [2.24, 2.45) is 4.99 Å². The number of aliphatic imine (C=N–C) groups is 1. The molecule has 188 valence electrons. The highest BCUT2D eigenvalue weighted by atomic mass is 32.2. The van der Waals surface area contributed by atoms with Crippen LogP contribution in [0.2, 0.25) is 0 Å². The Balaban J connectivity index is 0.000000371. The van der Waals surface area contributed by atoms with E-state index < -0.39 is 11.9 Å². The summed E-state index contributed by atoms with van der Waals surface area (Å²) in [6.45, 7) is 6.01. The first-order valence-corrected chi connectivity index (χ1v) is 12.3. The number of aliphatic carboxylic acids is 2. The van der Waals surface area contributed by atoms with Crippen molar-refractivity contribution < 1.29 is 29.6 Å². The minimum absolute atomic E-state index is 0.0898. The van der Waals surface area contributed by atoms with Gasteiger partial charge in [0.15, 0.2) is 0 Å². The summed E-state index contributed by atoms with van der Waals surface area (Å²) >= 11 is 1.80. The molecule has 0 bridgehead atoms. The number of ether oxygens (including phenoxy) is 1. The fourth-order valence-corrected chi connectivity index (χ4v) is 4.69. The highest BCUT2D eigenvalue weighted by molar-refractivity contribution is 7.99. The lowest BCUT2D eigenvalue weighted by atomic mass is 10.1. The summed E-state index contributed by atoms with van der Waals surface area (Å²) in [5, 5.41) is 24.6. The van der Waals surface area contributed by atoms with E-state index in [4.69, 9.17) is 25.0 Å². The van der Waals surface area contributed by atoms with Crippen LogP contribution in [-0.2, 0) is 14.3 Å². The molecule has 2 aliphatic heterocycles. The van der Waals surface area contributed by atoms with E-state index in [1.165, 1.54) is 15.4 Å². The third-order valence-corrected chi connectivity index (χ3v) is 6.59. The zero-order chi connectivity index (χ0) is 25.0. The van der Waals surface area contributed by atoms with Crippen molar-refractivity contribution in [3.8, 4) is 0 Å². The topological polar surface area (TPSA) is 123 Å². The lowest BCUT2D eigenvalue weighted by molar-refractivity contribution is -0.143. The summed E-state index contributed by atoms with van der Waals surface area (Å²) in [6, 6.07) is 16.9. The molecule has 10 heteroatoms. The molecule has 0 saturated carbocycles. The number of carboxylic acids is 2. The van der Waals surface area contributed by atoms with Crippen LogP contribution in [0.3, 0.4) is 0 Å². The van der Waals surface area contributed by atoms with Gasteiger partial charge in [-0.1, -0.05) is 42.1 Å². The maximum Gasteiger partial charge on any atom is 0.303 e. The van der Waals surface area contributed by atoms with Crippen molar-refractivity contribution in [1.82, 2.24) is 9.80 Å². The van der Waals surface area contributed by atoms with Crippen molar-refractivity contribution in [3.63, 3.8) is 0 Å². The van der Waals surface area contributed by atoms with Crippen LogP contribution < -0.4 is 0 Å². The number of rotatable bonds is 8. The summed E-state index contributed by atoms with van der Waals surface area (Å²) in [5.41, 5.74) is 2.27. The molecule has 4 rings (SSSR count). The van der Waals surface area contributed by atoms with Crippen molar-refractivity contribution in [2.75, 3.05) is 52.5 Å². The number of aliphatic hydroxyl groups excluding tert-OH is 1. The summed E-state index contributed by atoms with van der Waals surface area (Å²) in [7, 11) is 0. The largest absolute Gasteiger partial charge is 0.481 e. The quantitative estimate of drug-likeness (QED) is 0.469. The first-order valence-electron chi connectivity index (χ1n) is 11.5. The van der Waals surface area contributed by atoms with Gasteiger partial charge in [-0.2, -0.15) is 0 Å². The standard InChI is InChI=1S/C21H25N3O2S.C4H6O4/c25-14-16-26-15-13-23-9-11-24(12-10-23)21-17-5-1-3-7-19(17)27-20-8-4-2-6-18(20)22-21;5-3(6)1-2-4(7)8/h1-8,25H,9-16H2;1-2H2,(H,5,6)(H,7,8). The molecule has 2 aromatic carbocycles. The normalized spacial score (nSPS) is 15.1. The lowest BCUT2D eigenvalue weighted by Gasteiger charge is -2.36. The van der Waals surface area contributed by atoms with Gasteiger partial charge in [0.05, 0.1) is 38.3 Å². The Morgan fingerprint density at radius 1 is 0.886 bits per heavy atom. The molecule has 1 saturated heterocycles. The van der Waals surface area contributed by atoms with Crippen LogP contribution in [-0.4, -0.2) is 95.4 Å². The van der Waals surface area contributed by atoms with Gasteiger partial charge in [0, 0.05) is 48.1 Å². The monoisotopic (exact) mass is 501 g/mol. The fraction of sp³-hybridized carbons (Fsp3) is 0.400. The lowest BCUT2D eigenvalue weighted by Crippen LogP contribution is -2.49. The SMILES string of the molecule is O=C(O)CCC(=O)O.OCCOCCN1CCN(C2=Nc3ccccc3Sc3ccccc32)CC1. The van der Waals surface area contributed by atoms with E-state index >= 15 is 0 Å². The fourth-order valence-electron chi connectivity index (χ4n) is 3.67. The molecule has 2 aliphatic rings. The number of aliphatic hydroxyl groups is 1. The van der Waals surface area contributed by atoms with Crippen molar-refractivity contribution in [2.45, 2.75) is 22.6 Å². The van der Waals surface area contributed by atoms with Gasteiger partial charge in [0.2, 0.25) is 0 Å². The molecule has 0 unspecified atom stereocenters. The molecule has 1 fully saturated rings. The second-order valence-corrected chi connectivity index (χ2v) is 9.04. The molecular formula is C25H31N3O6S. The van der Waals surface area contributed by atoms with E-state index in [0.29, 0.717) is 13.2 Å². The van der Waals surface area contributed by atoms with E-state index in [9.17, 15) is 9.59 Å². The second-order valence-electron chi connectivity index (χ2n) is 7.95. The van der Waals surface area contributed by atoms with Crippen LogP contribution in [0.5, 0.6) is 0 Å².